The molecule has 0 saturated carbocycles. The molecule has 0 aromatic carbocycles. The molecule has 2 unspecified atom stereocenters. The molecule has 0 amide bonds. The zero-order valence-electron chi connectivity index (χ0n) is 14.0. The van der Waals surface area contributed by atoms with Crippen molar-refractivity contribution >= 4 is 20.0 Å². The fraction of sp³-hybridized carbons (Fsp3) is 0.474. The van der Waals surface area contributed by atoms with Crippen LogP contribution in [0.25, 0.3) is 0 Å². The predicted octanol–water partition coefficient (Wildman–Crippen LogP) is 3.67. The molecule has 5 rings (SSSR count). The average molecular weight is 325 g/mol. The Labute approximate surface area is 138 Å². The van der Waals surface area contributed by atoms with Crippen molar-refractivity contribution < 1.29 is 9.15 Å². The van der Waals surface area contributed by atoms with Crippen molar-refractivity contribution in [3.05, 3.63) is 46.2 Å². The minimum atomic E-state index is -0.340. The molecule has 1 saturated heterocycles. The molecule has 2 atom stereocenters. The normalized spacial score (nSPS) is 26.3. The lowest BCUT2D eigenvalue weighted by molar-refractivity contribution is -0.819. The average Bonchev–Trinajstić information content (AvgIpc) is 3.22. The van der Waals surface area contributed by atoms with Crippen molar-refractivity contribution in [2.24, 2.45) is 0 Å². The number of aromatic nitrogens is 1. The van der Waals surface area contributed by atoms with Crippen LogP contribution < -0.4 is 0 Å². The van der Waals surface area contributed by atoms with E-state index in [4.69, 9.17) is 0 Å². The van der Waals surface area contributed by atoms with E-state index in [1.807, 2.05) is 0 Å². The van der Waals surface area contributed by atoms with Gasteiger partial charge in [0.2, 0.25) is 0 Å². The molecule has 3 aliphatic rings. The molecular weight excluding hydrogens is 301 g/mol. The number of fused-ring (bicyclic) bond motifs is 2. The topological polar surface area (TPSA) is 10.9 Å². The minimum absolute atomic E-state index is 0.00843. The largest absolute Gasteiger partial charge is 0.478 e. The second-order valence-corrected chi connectivity index (χ2v) is 9.62. The van der Waals surface area contributed by atoms with E-state index < -0.39 is 0 Å². The zero-order chi connectivity index (χ0) is 15.6. The quantitative estimate of drug-likeness (QED) is 0.655. The SMILES string of the molecule is Cc1ccc2n1C13[N+](=C2)CCCCCC[N+]1=Cc1ccc(C)p13. The molecular formula is C19H24N3P+2. The predicted molar refractivity (Wildman–Crippen MR) is 95.5 cm³/mol. The first-order chi connectivity index (χ1) is 11.2. The molecule has 0 N–H and O–H groups in total. The van der Waals surface area contributed by atoms with Gasteiger partial charge < -0.3 is 0 Å². The van der Waals surface area contributed by atoms with Gasteiger partial charge in [-0.25, -0.2) is 4.57 Å². The van der Waals surface area contributed by atoms with Gasteiger partial charge in [0.05, 0.1) is 12.8 Å². The van der Waals surface area contributed by atoms with E-state index in [1.54, 1.807) is 10.6 Å². The van der Waals surface area contributed by atoms with Gasteiger partial charge in [0.1, 0.15) is 5.69 Å². The van der Waals surface area contributed by atoms with Crippen LogP contribution in [0.5, 0.6) is 0 Å². The summed E-state index contributed by atoms with van der Waals surface area (Å²) in [7, 11) is -0.340. The van der Waals surface area contributed by atoms with Gasteiger partial charge in [-0.3, -0.25) is 0 Å². The third kappa shape index (κ3) is 1.61. The summed E-state index contributed by atoms with van der Waals surface area (Å²) < 4.78 is 7.97. The summed E-state index contributed by atoms with van der Waals surface area (Å²) in [5.41, 5.74) is 2.76. The van der Waals surface area contributed by atoms with Gasteiger partial charge >= 0.3 is 5.53 Å². The number of hydrogen-bond acceptors (Lipinski definition) is 0. The Hall–Kier alpha value is -1.60. The van der Waals surface area contributed by atoms with Gasteiger partial charge in [-0.1, -0.05) is 6.07 Å². The van der Waals surface area contributed by atoms with E-state index in [0.717, 1.165) is 0 Å². The lowest BCUT2D eigenvalue weighted by atomic mass is 10.2. The van der Waals surface area contributed by atoms with Gasteiger partial charge in [-0.15, -0.1) is 9.15 Å². The summed E-state index contributed by atoms with van der Waals surface area (Å²) in [4.78, 5) is 0. The Bertz CT molecular complexity index is 793. The Kier molecular flexibility index (Phi) is 2.82. The van der Waals surface area contributed by atoms with E-state index in [-0.39, 0.29) is 13.1 Å². The third-order valence-corrected chi connectivity index (χ3v) is 8.66. The van der Waals surface area contributed by atoms with Crippen LogP contribution in [0.1, 0.15) is 47.7 Å². The molecule has 0 radical (unpaired) electrons. The maximum absolute atomic E-state index is 2.67. The van der Waals surface area contributed by atoms with E-state index >= 15 is 0 Å². The minimum Gasteiger partial charge on any atom is -0.213 e. The van der Waals surface area contributed by atoms with Gasteiger partial charge in [0, 0.05) is 18.5 Å². The monoisotopic (exact) mass is 325 g/mol. The van der Waals surface area contributed by atoms with Crippen molar-refractivity contribution in [3.63, 3.8) is 0 Å². The first-order valence-corrected chi connectivity index (χ1v) is 10.2. The molecule has 2 aromatic heterocycles. The van der Waals surface area contributed by atoms with E-state index in [1.165, 1.54) is 50.2 Å². The molecule has 5 heterocycles. The molecule has 1 spiro atoms. The Morgan fingerprint density at radius 1 is 0.913 bits per heavy atom. The van der Waals surface area contributed by atoms with Crippen LogP contribution in [0.3, 0.4) is 0 Å². The molecule has 3 nitrogen and oxygen atoms in total. The van der Waals surface area contributed by atoms with Gasteiger partial charge in [-0.05, 0) is 50.2 Å². The van der Waals surface area contributed by atoms with Crippen molar-refractivity contribution in [1.29, 1.82) is 0 Å². The standard InChI is InChI=1S/C19H24N3P/c1-15-7-9-17-13-20-11-5-3-4-6-12-21-14-18-10-8-16(2)23(18)19(20,21)22(15)17/h7-10,13-14H,3-6,11-12H2,1-2H3/q+2. The van der Waals surface area contributed by atoms with Crippen LogP contribution in [0.4, 0.5) is 0 Å². The fourth-order valence-electron chi connectivity index (χ4n) is 4.76. The highest BCUT2D eigenvalue weighted by molar-refractivity contribution is 7.53. The number of rotatable bonds is 0. The van der Waals surface area contributed by atoms with Gasteiger partial charge in [-0.2, -0.15) is 0 Å². The van der Waals surface area contributed by atoms with Gasteiger partial charge in [0.25, 0.3) is 0 Å². The van der Waals surface area contributed by atoms with Gasteiger partial charge in [0.15, 0.2) is 25.5 Å². The number of hydrogen-bond donors (Lipinski definition) is 0. The number of nitrogens with zero attached hydrogens (tertiary/aromatic N) is 3. The molecule has 1 fully saturated rings. The lowest BCUT2D eigenvalue weighted by Crippen LogP contribution is -2.47. The highest BCUT2D eigenvalue weighted by atomic mass is 31.1. The van der Waals surface area contributed by atoms with Crippen LogP contribution in [0, 0.1) is 13.8 Å². The highest BCUT2D eigenvalue weighted by Crippen LogP contribution is 2.58. The van der Waals surface area contributed by atoms with Crippen molar-refractivity contribution in [2.75, 3.05) is 13.1 Å². The van der Waals surface area contributed by atoms with Crippen molar-refractivity contribution in [3.8, 4) is 0 Å². The summed E-state index contributed by atoms with van der Waals surface area (Å²) in [6, 6.07) is 9.30. The number of aryl methyl sites for hydroxylation is 2. The van der Waals surface area contributed by atoms with Crippen LogP contribution in [-0.2, 0) is 5.53 Å². The summed E-state index contributed by atoms with van der Waals surface area (Å²) >= 11 is 0. The van der Waals surface area contributed by atoms with Crippen molar-refractivity contribution in [2.45, 2.75) is 45.1 Å². The molecule has 2 aromatic rings. The summed E-state index contributed by atoms with van der Waals surface area (Å²) in [6.07, 6.45) is 10.2. The van der Waals surface area contributed by atoms with E-state index in [9.17, 15) is 0 Å². The Morgan fingerprint density at radius 2 is 1.65 bits per heavy atom. The first-order valence-electron chi connectivity index (χ1n) is 8.84. The lowest BCUT2D eigenvalue weighted by Gasteiger charge is -2.24. The molecule has 118 valence electrons. The summed E-state index contributed by atoms with van der Waals surface area (Å²) in [6.45, 7) is 6.95. The highest BCUT2D eigenvalue weighted by Gasteiger charge is 2.64. The van der Waals surface area contributed by atoms with Crippen molar-refractivity contribution in [1.82, 2.24) is 4.57 Å². The second kappa shape index (κ2) is 4.70. The molecule has 0 bridgehead atoms. The molecule has 0 aliphatic carbocycles. The third-order valence-electron chi connectivity index (χ3n) is 5.71. The maximum Gasteiger partial charge on any atom is 0.478 e. The maximum atomic E-state index is 2.67. The van der Waals surface area contributed by atoms with Crippen LogP contribution >= 0.6 is 7.53 Å². The molecule has 4 heteroatoms. The Morgan fingerprint density at radius 3 is 2.43 bits per heavy atom. The zero-order valence-corrected chi connectivity index (χ0v) is 14.9. The smallest absolute Gasteiger partial charge is 0.213 e. The van der Waals surface area contributed by atoms with Crippen LogP contribution in [0.15, 0.2) is 24.3 Å². The fourth-order valence-corrected chi connectivity index (χ4v) is 7.99. The second-order valence-electron chi connectivity index (χ2n) is 7.13. The Balaban J connectivity index is 1.86. The molecule has 3 aliphatic heterocycles. The van der Waals surface area contributed by atoms with Crippen LogP contribution in [-0.4, -0.2) is 39.2 Å². The summed E-state index contributed by atoms with van der Waals surface area (Å²) in [5.74, 6) is 0. The molecule has 23 heavy (non-hydrogen) atoms. The van der Waals surface area contributed by atoms with E-state index in [0.29, 0.717) is 0 Å². The van der Waals surface area contributed by atoms with E-state index in [2.05, 4.69) is 64.3 Å². The summed E-state index contributed by atoms with van der Waals surface area (Å²) in [5, 5.41) is 3.12. The van der Waals surface area contributed by atoms with Crippen LogP contribution in [0.2, 0.25) is 0 Å². The first kappa shape index (κ1) is 13.8.